The van der Waals surface area contributed by atoms with E-state index in [2.05, 4.69) is 11.2 Å². The molecule has 4 nitrogen and oxygen atoms in total. The van der Waals surface area contributed by atoms with E-state index < -0.39 is 0 Å². The van der Waals surface area contributed by atoms with Gasteiger partial charge in [0.25, 0.3) is 0 Å². The first kappa shape index (κ1) is 12.6. The summed E-state index contributed by atoms with van der Waals surface area (Å²) >= 11 is 0. The summed E-state index contributed by atoms with van der Waals surface area (Å²) in [5.74, 6) is 0.856. The summed E-state index contributed by atoms with van der Waals surface area (Å²) in [5, 5.41) is 4.48. The van der Waals surface area contributed by atoms with E-state index >= 15 is 0 Å². The minimum Gasteiger partial charge on any atom is -0.497 e. The highest BCUT2D eigenvalue weighted by molar-refractivity contribution is 5.70. The summed E-state index contributed by atoms with van der Waals surface area (Å²) < 4.78 is 7.18. The normalized spacial score (nSPS) is 10.7. The van der Waals surface area contributed by atoms with E-state index in [1.807, 2.05) is 36.9 Å². The molecule has 1 aromatic heterocycles. The van der Waals surface area contributed by atoms with Gasteiger partial charge in [-0.25, -0.2) is 0 Å². The van der Waals surface area contributed by atoms with Crippen molar-refractivity contribution in [3.63, 3.8) is 0 Å². The Balaban J connectivity index is 2.54. The summed E-state index contributed by atoms with van der Waals surface area (Å²) in [4.78, 5) is 0. The average molecular weight is 245 g/mol. The molecule has 0 aliphatic rings. The topological polar surface area (TPSA) is 53.1 Å². The smallest absolute Gasteiger partial charge is 0.119 e. The molecule has 1 aromatic carbocycles. The van der Waals surface area contributed by atoms with Crippen LogP contribution >= 0.6 is 0 Å². The zero-order chi connectivity index (χ0) is 13.1. The highest BCUT2D eigenvalue weighted by Crippen LogP contribution is 2.29. The average Bonchev–Trinajstić information content (AvgIpc) is 2.65. The molecular formula is C14H19N3O. The predicted octanol–water partition coefficient (Wildman–Crippen LogP) is 1.91. The molecule has 0 saturated carbocycles. The highest BCUT2D eigenvalue weighted by Gasteiger charge is 2.14. The minimum absolute atomic E-state index is 0.621. The summed E-state index contributed by atoms with van der Waals surface area (Å²) in [6.45, 7) is 2.64. The molecule has 0 bridgehead atoms. The van der Waals surface area contributed by atoms with Crippen molar-refractivity contribution < 1.29 is 4.74 Å². The van der Waals surface area contributed by atoms with Crippen molar-refractivity contribution in [1.29, 1.82) is 0 Å². The van der Waals surface area contributed by atoms with Crippen molar-refractivity contribution in [3.8, 4) is 16.9 Å². The molecule has 18 heavy (non-hydrogen) atoms. The fourth-order valence-corrected chi connectivity index (χ4v) is 2.28. The number of hydrogen-bond acceptors (Lipinski definition) is 3. The van der Waals surface area contributed by atoms with Crippen molar-refractivity contribution >= 4 is 0 Å². The van der Waals surface area contributed by atoms with Crippen molar-refractivity contribution in [1.82, 2.24) is 9.78 Å². The number of rotatable bonds is 4. The maximum absolute atomic E-state index is 5.68. The Morgan fingerprint density at radius 1 is 1.39 bits per heavy atom. The van der Waals surface area contributed by atoms with Gasteiger partial charge in [0.05, 0.1) is 12.8 Å². The molecule has 0 amide bonds. The Morgan fingerprint density at radius 3 is 2.83 bits per heavy atom. The lowest BCUT2D eigenvalue weighted by Gasteiger charge is -2.07. The fraction of sp³-hybridized carbons (Fsp3) is 0.357. The Kier molecular flexibility index (Phi) is 3.67. The number of benzene rings is 1. The van der Waals surface area contributed by atoms with Crippen LogP contribution in [0.2, 0.25) is 0 Å². The molecule has 2 aromatic rings. The summed E-state index contributed by atoms with van der Waals surface area (Å²) in [5.41, 5.74) is 10.2. The fourth-order valence-electron chi connectivity index (χ4n) is 2.28. The molecular weight excluding hydrogens is 226 g/mol. The molecule has 0 saturated heterocycles. The quantitative estimate of drug-likeness (QED) is 0.895. The zero-order valence-electron chi connectivity index (χ0n) is 11.1. The van der Waals surface area contributed by atoms with E-state index in [9.17, 15) is 0 Å². The van der Waals surface area contributed by atoms with E-state index in [0.717, 1.165) is 23.4 Å². The molecule has 0 spiro atoms. The molecule has 0 radical (unpaired) electrons. The lowest BCUT2D eigenvalue weighted by atomic mass is 10.0. The van der Waals surface area contributed by atoms with Crippen LogP contribution < -0.4 is 10.5 Å². The van der Waals surface area contributed by atoms with Crippen LogP contribution in [0.15, 0.2) is 24.3 Å². The van der Waals surface area contributed by atoms with Crippen LogP contribution in [0.1, 0.15) is 11.4 Å². The van der Waals surface area contributed by atoms with Gasteiger partial charge in [-0.2, -0.15) is 5.10 Å². The molecule has 0 aliphatic heterocycles. The molecule has 4 heteroatoms. The third-order valence-electron chi connectivity index (χ3n) is 3.08. The Morgan fingerprint density at radius 2 is 2.17 bits per heavy atom. The highest BCUT2D eigenvalue weighted by atomic mass is 16.5. The van der Waals surface area contributed by atoms with Crippen LogP contribution in [0.5, 0.6) is 5.75 Å². The maximum Gasteiger partial charge on any atom is 0.119 e. The van der Waals surface area contributed by atoms with E-state index in [1.54, 1.807) is 7.11 Å². The van der Waals surface area contributed by atoms with E-state index in [0.29, 0.717) is 6.54 Å². The summed E-state index contributed by atoms with van der Waals surface area (Å²) in [6.07, 6.45) is 0.823. The Hall–Kier alpha value is -1.81. The van der Waals surface area contributed by atoms with Gasteiger partial charge in [-0.15, -0.1) is 0 Å². The number of nitrogens with two attached hydrogens (primary N) is 1. The standard InChI is InChI=1S/C14H19N3O/c1-10-14(13(7-8-15)17(2)16-10)11-5-4-6-12(9-11)18-3/h4-6,9H,7-8,15H2,1-3H3. The second kappa shape index (κ2) is 5.23. The number of aryl methyl sites for hydroxylation is 2. The Bertz CT molecular complexity index is 546. The zero-order valence-corrected chi connectivity index (χ0v) is 11.1. The molecule has 96 valence electrons. The van der Waals surface area contributed by atoms with Crippen molar-refractivity contribution in [2.75, 3.05) is 13.7 Å². The lowest BCUT2D eigenvalue weighted by Crippen LogP contribution is -2.08. The molecule has 0 aliphatic carbocycles. The van der Waals surface area contributed by atoms with Crippen LogP contribution in [0.4, 0.5) is 0 Å². The number of nitrogens with zero attached hydrogens (tertiary/aromatic N) is 2. The van der Waals surface area contributed by atoms with Crippen molar-refractivity contribution in [2.45, 2.75) is 13.3 Å². The second-order valence-corrected chi connectivity index (χ2v) is 4.30. The summed E-state index contributed by atoms with van der Waals surface area (Å²) in [6, 6.07) is 8.04. The molecule has 0 unspecified atom stereocenters. The predicted molar refractivity (Wildman–Crippen MR) is 72.7 cm³/mol. The van der Waals surface area contributed by atoms with E-state index in [4.69, 9.17) is 10.5 Å². The first-order chi connectivity index (χ1) is 8.67. The van der Waals surface area contributed by atoms with Crippen LogP contribution in [-0.4, -0.2) is 23.4 Å². The van der Waals surface area contributed by atoms with Gasteiger partial charge in [-0.3, -0.25) is 4.68 Å². The monoisotopic (exact) mass is 245 g/mol. The lowest BCUT2D eigenvalue weighted by molar-refractivity contribution is 0.415. The van der Waals surface area contributed by atoms with Crippen molar-refractivity contribution in [2.24, 2.45) is 12.8 Å². The minimum atomic E-state index is 0.621. The summed E-state index contributed by atoms with van der Waals surface area (Å²) in [7, 11) is 3.64. The molecule has 2 rings (SSSR count). The number of ether oxygens (including phenoxy) is 1. The van der Waals surface area contributed by atoms with E-state index in [1.165, 1.54) is 11.3 Å². The first-order valence-corrected chi connectivity index (χ1v) is 6.04. The number of hydrogen-bond donors (Lipinski definition) is 1. The van der Waals surface area contributed by atoms with Crippen LogP contribution in [0, 0.1) is 6.92 Å². The van der Waals surface area contributed by atoms with Crippen LogP contribution in [0.25, 0.3) is 11.1 Å². The molecule has 1 heterocycles. The van der Waals surface area contributed by atoms with Gasteiger partial charge in [-0.1, -0.05) is 12.1 Å². The number of methoxy groups -OCH3 is 1. The third kappa shape index (κ3) is 2.24. The Labute approximate surface area is 107 Å². The van der Waals surface area contributed by atoms with Gasteiger partial charge in [0.1, 0.15) is 5.75 Å². The van der Waals surface area contributed by atoms with Gasteiger partial charge in [0.2, 0.25) is 0 Å². The largest absolute Gasteiger partial charge is 0.497 e. The SMILES string of the molecule is COc1cccc(-c2c(C)nn(C)c2CCN)c1. The second-order valence-electron chi connectivity index (χ2n) is 4.30. The van der Waals surface area contributed by atoms with Crippen LogP contribution in [-0.2, 0) is 13.5 Å². The van der Waals surface area contributed by atoms with Gasteiger partial charge < -0.3 is 10.5 Å². The molecule has 2 N–H and O–H groups in total. The van der Waals surface area contributed by atoms with Gasteiger partial charge in [-0.05, 0) is 31.2 Å². The van der Waals surface area contributed by atoms with Crippen molar-refractivity contribution in [3.05, 3.63) is 35.7 Å². The van der Waals surface area contributed by atoms with Gasteiger partial charge in [0, 0.05) is 24.7 Å². The van der Waals surface area contributed by atoms with Gasteiger partial charge >= 0.3 is 0 Å². The molecule has 0 fully saturated rings. The van der Waals surface area contributed by atoms with Gasteiger partial charge in [0.15, 0.2) is 0 Å². The maximum atomic E-state index is 5.68. The van der Waals surface area contributed by atoms with E-state index in [-0.39, 0.29) is 0 Å². The van der Waals surface area contributed by atoms with Crippen LogP contribution in [0.3, 0.4) is 0 Å². The third-order valence-corrected chi connectivity index (χ3v) is 3.08. The molecule has 0 atom stereocenters. The first-order valence-electron chi connectivity index (χ1n) is 6.04. The number of aromatic nitrogens is 2.